The van der Waals surface area contributed by atoms with Gasteiger partial charge in [-0.1, -0.05) is 12.1 Å². The highest BCUT2D eigenvalue weighted by atomic mass is 32.1. The molecule has 0 radical (unpaired) electrons. The van der Waals surface area contributed by atoms with E-state index in [1.807, 2.05) is 46.0 Å². The van der Waals surface area contributed by atoms with E-state index in [0.29, 0.717) is 31.7 Å². The summed E-state index contributed by atoms with van der Waals surface area (Å²) < 4.78 is 5.14. The van der Waals surface area contributed by atoms with Crippen molar-refractivity contribution < 1.29 is 14.3 Å². The van der Waals surface area contributed by atoms with E-state index >= 15 is 0 Å². The summed E-state index contributed by atoms with van der Waals surface area (Å²) in [6.07, 6.45) is 0. The van der Waals surface area contributed by atoms with E-state index < -0.39 is 0 Å². The Morgan fingerprint density at radius 2 is 1.82 bits per heavy atom. The van der Waals surface area contributed by atoms with Gasteiger partial charge in [-0.25, -0.2) is 4.79 Å². The van der Waals surface area contributed by atoms with Crippen LogP contribution in [0.1, 0.15) is 15.9 Å². The summed E-state index contributed by atoms with van der Waals surface area (Å²) in [5, 5.41) is 9.65. The lowest BCUT2D eigenvalue weighted by Gasteiger charge is -2.34. The number of nitrogens with one attached hydrogen (secondary N) is 2. The van der Waals surface area contributed by atoms with Gasteiger partial charge in [0.25, 0.3) is 5.91 Å². The van der Waals surface area contributed by atoms with Crippen LogP contribution < -0.4 is 15.4 Å². The number of ether oxygens (including phenoxy) is 1. The Bertz CT molecular complexity index is 756. The third kappa shape index (κ3) is 5.71. The monoisotopic (exact) mass is 402 g/mol. The van der Waals surface area contributed by atoms with E-state index in [2.05, 4.69) is 15.5 Å². The zero-order valence-electron chi connectivity index (χ0n) is 16.0. The minimum Gasteiger partial charge on any atom is -0.497 e. The SMILES string of the molecule is COc1ccc(CNC(=O)N2CCN(CCNC(=O)c3ccsc3)CC2)cc1. The Morgan fingerprint density at radius 1 is 1.07 bits per heavy atom. The number of carbonyl (C=O) groups is 2. The Hall–Kier alpha value is -2.58. The van der Waals surface area contributed by atoms with Crippen LogP contribution in [0.3, 0.4) is 0 Å². The van der Waals surface area contributed by atoms with Crippen LogP contribution in [-0.4, -0.2) is 68.1 Å². The first-order valence-electron chi connectivity index (χ1n) is 9.34. The highest BCUT2D eigenvalue weighted by Gasteiger charge is 2.20. The number of urea groups is 1. The average molecular weight is 403 g/mol. The standard InChI is InChI=1S/C20H26N4O3S/c1-27-18-4-2-16(3-5-18)14-22-20(26)24-11-9-23(10-12-24)8-7-21-19(25)17-6-13-28-15-17/h2-6,13,15H,7-12,14H2,1H3,(H,21,25)(H,22,26). The largest absolute Gasteiger partial charge is 0.497 e. The number of methoxy groups -OCH3 is 1. The van der Waals surface area contributed by atoms with Gasteiger partial charge < -0.3 is 20.3 Å². The Morgan fingerprint density at radius 3 is 2.46 bits per heavy atom. The highest BCUT2D eigenvalue weighted by Crippen LogP contribution is 2.11. The molecule has 2 aromatic rings. The number of piperazine rings is 1. The second-order valence-electron chi connectivity index (χ2n) is 6.60. The maximum absolute atomic E-state index is 12.4. The van der Waals surface area contributed by atoms with Crippen molar-refractivity contribution in [2.24, 2.45) is 0 Å². The minimum absolute atomic E-state index is 0.0298. The van der Waals surface area contributed by atoms with Gasteiger partial charge in [0.05, 0.1) is 7.11 Å². The van der Waals surface area contributed by atoms with Crippen LogP contribution in [0.4, 0.5) is 4.79 Å². The predicted molar refractivity (Wildman–Crippen MR) is 110 cm³/mol. The molecule has 2 N–H and O–H groups in total. The number of benzene rings is 1. The molecule has 1 aromatic carbocycles. The maximum Gasteiger partial charge on any atom is 0.317 e. The van der Waals surface area contributed by atoms with Gasteiger partial charge in [-0.3, -0.25) is 9.69 Å². The molecule has 8 heteroatoms. The van der Waals surface area contributed by atoms with Crippen molar-refractivity contribution in [1.82, 2.24) is 20.4 Å². The van der Waals surface area contributed by atoms with Crippen LogP contribution in [0, 0.1) is 0 Å². The molecule has 7 nitrogen and oxygen atoms in total. The van der Waals surface area contributed by atoms with Crippen molar-refractivity contribution in [2.45, 2.75) is 6.54 Å². The highest BCUT2D eigenvalue weighted by molar-refractivity contribution is 7.08. The van der Waals surface area contributed by atoms with Crippen molar-refractivity contribution in [3.8, 4) is 5.75 Å². The van der Waals surface area contributed by atoms with Crippen LogP contribution >= 0.6 is 11.3 Å². The topological polar surface area (TPSA) is 73.9 Å². The number of hydrogen-bond acceptors (Lipinski definition) is 5. The van der Waals surface area contributed by atoms with Crippen molar-refractivity contribution in [3.05, 3.63) is 52.2 Å². The van der Waals surface area contributed by atoms with Crippen molar-refractivity contribution >= 4 is 23.3 Å². The van der Waals surface area contributed by atoms with Crippen LogP contribution in [0.2, 0.25) is 0 Å². The normalized spacial score (nSPS) is 14.5. The lowest BCUT2D eigenvalue weighted by Crippen LogP contribution is -2.52. The molecular formula is C20H26N4O3S. The van der Waals surface area contributed by atoms with E-state index in [-0.39, 0.29) is 11.9 Å². The molecule has 1 fully saturated rings. The molecule has 0 bridgehead atoms. The average Bonchev–Trinajstić information content (AvgIpc) is 3.28. The molecule has 28 heavy (non-hydrogen) atoms. The maximum atomic E-state index is 12.4. The predicted octanol–water partition coefficient (Wildman–Crippen LogP) is 2.01. The van der Waals surface area contributed by atoms with Crippen molar-refractivity contribution in [2.75, 3.05) is 46.4 Å². The second-order valence-corrected chi connectivity index (χ2v) is 7.38. The molecule has 0 unspecified atom stereocenters. The van der Waals surface area contributed by atoms with E-state index in [4.69, 9.17) is 4.74 Å². The Labute approximate surface area is 169 Å². The van der Waals surface area contributed by atoms with Crippen LogP contribution in [-0.2, 0) is 6.54 Å². The number of thiophene rings is 1. The minimum atomic E-state index is -0.0405. The van der Waals surface area contributed by atoms with Gasteiger partial charge >= 0.3 is 6.03 Å². The molecule has 1 aliphatic rings. The second kappa shape index (κ2) is 10.1. The number of hydrogen-bond donors (Lipinski definition) is 2. The molecule has 3 rings (SSSR count). The fourth-order valence-electron chi connectivity index (χ4n) is 3.03. The molecule has 3 amide bonds. The van der Waals surface area contributed by atoms with Crippen LogP contribution in [0.5, 0.6) is 5.75 Å². The van der Waals surface area contributed by atoms with Crippen molar-refractivity contribution in [3.63, 3.8) is 0 Å². The van der Waals surface area contributed by atoms with E-state index in [1.165, 1.54) is 11.3 Å². The summed E-state index contributed by atoms with van der Waals surface area (Å²) in [6, 6.07) is 9.45. The summed E-state index contributed by atoms with van der Waals surface area (Å²) >= 11 is 1.52. The molecular weight excluding hydrogens is 376 g/mol. The molecule has 0 aliphatic carbocycles. The summed E-state index contributed by atoms with van der Waals surface area (Å²) in [5.74, 6) is 0.774. The summed E-state index contributed by atoms with van der Waals surface area (Å²) in [4.78, 5) is 28.4. The molecule has 150 valence electrons. The number of nitrogens with zero attached hydrogens (tertiary/aromatic N) is 2. The van der Waals surface area contributed by atoms with Crippen LogP contribution in [0.15, 0.2) is 41.1 Å². The fraction of sp³-hybridized carbons (Fsp3) is 0.400. The van der Waals surface area contributed by atoms with Gasteiger partial charge in [-0.2, -0.15) is 11.3 Å². The molecule has 0 spiro atoms. The number of amides is 3. The first-order chi connectivity index (χ1) is 13.7. The van der Waals surface area contributed by atoms with Crippen LogP contribution in [0.25, 0.3) is 0 Å². The molecule has 0 atom stereocenters. The first kappa shape index (κ1) is 20.2. The first-order valence-corrected chi connectivity index (χ1v) is 10.3. The lowest BCUT2D eigenvalue weighted by atomic mass is 10.2. The Balaban J connectivity index is 1.32. The van der Waals surface area contributed by atoms with Gasteiger partial charge in [-0.15, -0.1) is 0 Å². The Kier molecular flexibility index (Phi) is 7.27. The summed E-state index contributed by atoms with van der Waals surface area (Å²) in [6.45, 7) is 4.89. The third-order valence-electron chi connectivity index (χ3n) is 4.76. The molecule has 1 aromatic heterocycles. The quantitative estimate of drug-likeness (QED) is 0.743. The molecule has 1 aliphatic heterocycles. The number of carbonyl (C=O) groups excluding carboxylic acids is 2. The fourth-order valence-corrected chi connectivity index (χ4v) is 3.67. The van der Waals surface area contributed by atoms with E-state index in [1.54, 1.807) is 7.11 Å². The summed E-state index contributed by atoms with van der Waals surface area (Å²) in [5.41, 5.74) is 1.75. The third-order valence-corrected chi connectivity index (χ3v) is 5.44. The van der Waals surface area contributed by atoms with Gasteiger partial charge in [-0.05, 0) is 29.1 Å². The zero-order valence-corrected chi connectivity index (χ0v) is 16.8. The molecule has 2 heterocycles. The van der Waals surface area contributed by atoms with Gasteiger partial charge in [0.2, 0.25) is 0 Å². The number of rotatable bonds is 7. The van der Waals surface area contributed by atoms with E-state index in [9.17, 15) is 9.59 Å². The zero-order chi connectivity index (χ0) is 19.8. The smallest absolute Gasteiger partial charge is 0.317 e. The van der Waals surface area contributed by atoms with Gasteiger partial charge in [0.15, 0.2) is 0 Å². The van der Waals surface area contributed by atoms with Gasteiger partial charge in [0, 0.05) is 56.8 Å². The summed E-state index contributed by atoms with van der Waals surface area (Å²) in [7, 11) is 1.63. The molecule has 0 saturated carbocycles. The van der Waals surface area contributed by atoms with E-state index in [0.717, 1.165) is 30.9 Å². The molecule has 1 saturated heterocycles. The van der Waals surface area contributed by atoms with Crippen molar-refractivity contribution in [1.29, 1.82) is 0 Å². The lowest BCUT2D eigenvalue weighted by molar-refractivity contribution is 0.0942. The van der Waals surface area contributed by atoms with Gasteiger partial charge in [0.1, 0.15) is 5.75 Å².